The summed E-state index contributed by atoms with van der Waals surface area (Å²) in [6.07, 6.45) is 0.0241. The average Bonchev–Trinajstić information content (AvgIpc) is 3.13. The molecule has 2 aromatic rings. The molecule has 6 nitrogen and oxygen atoms in total. The van der Waals surface area contributed by atoms with Crippen molar-refractivity contribution in [2.45, 2.75) is 33.0 Å². The molecule has 0 saturated heterocycles. The second-order valence-electron chi connectivity index (χ2n) is 5.93. The van der Waals surface area contributed by atoms with Crippen LogP contribution in [0.2, 0.25) is 0 Å². The maximum atomic E-state index is 5.33. The summed E-state index contributed by atoms with van der Waals surface area (Å²) in [5.74, 6) is 1.71. The second kappa shape index (κ2) is 12.1. The summed E-state index contributed by atoms with van der Waals surface area (Å²) in [6.45, 7) is 6.19. The number of thiazole rings is 1. The van der Waals surface area contributed by atoms with Crippen LogP contribution in [-0.4, -0.2) is 43.7 Å². The predicted molar refractivity (Wildman–Crippen MR) is 122 cm³/mol. The summed E-state index contributed by atoms with van der Waals surface area (Å²) >= 11 is 1.63. The molecule has 0 spiro atoms. The highest BCUT2D eigenvalue weighted by Gasteiger charge is 2.12. The number of aliphatic imine (C=N–C) groups is 1. The van der Waals surface area contributed by atoms with E-state index in [1.807, 2.05) is 38.2 Å². The Hall–Kier alpha value is -1.39. The van der Waals surface area contributed by atoms with Crippen LogP contribution in [0.5, 0.6) is 5.75 Å². The molecule has 150 valence electrons. The first-order valence-corrected chi connectivity index (χ1v) is 9.54. The number of hydrogen-bond acceptors (Lipinski definition) is 5. The fraction of sp³-hybridized carbons (Fsp3) is 0.474. The number of benzene rings is 1. The number of nitrogens with zero attached hydrogens (tertiary/aromatic N) is 3. The molecule has 1 heterocycles. The van der Waals surface area contributed by atoms with E-state index in [0.29, 0.717) is 13.1 Å². The van der Waals surface area contributed by atoms with Gasteiger partial charge in [0.2, 0.25) is 0 Å². The Morgan fingerprint density at radius 2 is 2.00 bits per heavy atom. The van der Waals surface area contributed by atoms with Crippen molar-refractivity contribution in [2.24, 2.45) is 4.99 Å². The quantitative estimate of drug-likeness (QED) is 0.334. The summed E-state index contributed by atoms with van der Waals surface area (Å²) < 4.78 is 10.5. The molecule has 0 aliphatic heterocycles. The van der Waals surface area contributed by atoms with Gasteiger partial charge in [0.1, 0.15) is 16.9 Å². The summed E-state index contributed by atoms with van der Waals surface area (Å²) in [7, 11) is 5.39. The highest BCUT2D eigenvalue weighted by Crippen LogP contribution is 2.21. The van der Waals surface area contributed by atoms with Crippen molar-refractivity contribution in [1.82, 2.24) is 15.2 Å². The standard InChI is InChI=1S/C19H28N4O2S.HI/c1-6-20-19(21-11-15-7-9-17(25-5)10-8-15)23(3)12-16-13-26-18(22-16)14(2)24-4;/h7-10,13-14H,6,11-12H2,1-5H3,(H,20,21);1H. The van der Waals surface area contributed by atoms with Crippen LogP contribution in [0, 0.1) is 0 Å². The van der Waals surface area contributed by atoms with Gasteiger partial charge in [0.05, 0.1) is 25.9 Å². The summed E-state index contributed by atoms with van der Waals surface area (Å²) in [6, 6.07) is 7.97. The van der Waals surface area contributed by atoms with E-state index in [4.69, 9.17) is 14.5 Å². The minimum absolute atomic E-state index is 0. The molecule has 0 aliphatic rings. The summed E-state index contributed by atoms with van der Waals surface area (Å²) in [5, 5.41) is 6.41. The van der Waals surface area contributed by atoms with Crippen molar-refractivity contribution in [2.75, 3.05) is 27.8 Å². The second-order valence-corrected chi connectivity index (χ2v) is 6.82. The molecule has 1 atom stereocenters. The molecule has 0 saturated carbocycles. The van der Waals surface area contributed by atoms with Gasteiger partial charge in [0.25, 0.3) is 0 Å². The minimum atomic E-state index is 0. The number of methoxy groups -OCH3 is 2. The monoisotopic (exact) mass is 504 g/mol. The highest BCUT2D eigenvalue weighted by molar-refractivity contribution is 14.0. The van der Waals surface area contributed by atoms with Gasteiger partial charge in [-0.25, -0.2) is 9.98 Å². The fourth-order valence-electron chi connectivity index (χ4n) is 2.37. The first-order valence-electron chi connectivity index (χ1n) is 8.66. The lowest BCUT2D eigenvalue weighted by Gasteiger charge is -2.21. The van der Waals surface area contributed by atoms with Crippen molar-refractivity contribution in [3.05, 3.63) is 45.9 Å². The molecule has 1 unspecified atom stereocenters. The van der Waals surface area contributed by atoms with Crippen molar-refractivity contribution in [1.29, 1.82) is 0 Å². The van der Waals surface area contributed by atoms with Crippen LogP contribution in [-0.2, 0) is 17.8 Å². The summed E-state index contributed by atoms with van der Waals surface area (Å²) in [4.78, 5) is 11.5. The number of rotatable bonds is 8. The normalized spacial score (nSPS) is 12.3. The molecule has 1 N–H and O–H groups in total. The maximum Gasteiger partial charge on any atom is 0.194 e. The Morgan fingerprint density at radius 3 is 2.59 bits per heavy atom. The van der Waals surface area contributed by atoms with Gasteiger partial charge >= 0.3 is 0 Å². The van der Waals surface area contributed by atoms with Gasteiger partial charge in [0.15, 0.2) is 5.96 Å². The van der Waals surface area contributed by atoms with E-state index in [1.165, 1.54) is 0 Å². The average molecular weight is 504 g/mol. The Kier molecular flexibility index (Phi) is 10.6. The topological polar surface area (TPSA) is 59.0 Å². The Morgan fingerprint density at radius 1 is 1.30 bits per heavy atom. The molecular formula is C19H29IN4O2S. The Balaban J connectivity index is 0.00000364. The lowest BCUT2D eigenvalue weighted by atomic mass is 10.2. The number of guanidine groups is 1. The van der Waals surface area contributed by atoms with E-state index in [2.05, 4.69) is 27.5 Å². The number of nitrogens with one attached hydrogen (secondary N) is 1. The SMILES string of the molecule is CCNC(=NCc1ccc(OC)cc1)N(C)Cc1csc(C(C)OC)n1.I. The third kappa shape index (κ3) is 7.27. The highest BCUT2D eigenvalue weighted by atomic mass is 127. The molecule has 1 aromatic heterocycles. The van der Waals surface area contributed by atoms with Crippen LogP contribution >= 0.6 is 35.3 Å². The van der Waals surface area contributed by atoms with Crippen LogP contribution in [0.15, 0.2) is 34.6 Å². The predicted octanol–water partition coefficient (Wildman–Crippen LogP) is 4.07. The van der Waals surface area contributed by atoms with Gasteiger partial charge < -0.3 is 19.7 Å². The van der Waals surface area contributed by atoms with E-state index < -0.39 is 0 Å². The number of halogens is 1. The van der Waals surface area contributed by atoms with Crippen LogP contribution in [0.4, 0.5) is 0 Å². The van der Waals surface area contributed by atoms with E-state index in [9.17, 15) is 0 Å². The van der Waals surface area contributed by atoms with Crippen molar-refractivity contribution in [3.63, 3.8) is 0 Å². The van der Waals surface area contributed by atoms with Gasteiger partial charge in [-0.2, -0.15) is 0 Å². The molecule has 0 fully saturated rings. The largest absolute Gasteiger partial charge is 0.497 e. The first-order chi connectivity index (χ1) is 12.6. The molecule has 0 bridgehead atoms. The molecular weight excluding hydrogens is 475 g/mol. The van der Waals surface area contributed by atoms with E-state index in [-0.39, 0.29) is 30.1 Å². The Labute approximate surface area is 183 Å². The van der Waals surface area contributed by atoms with E-state index >= 15 is 0 Å². The van der Waals surface area contributed by atoms with Crippen LogP contribution in [0.1, 0.15) is 36.2 Å². The third-order valence-corrected chi connectivity index (χ3v) is 4.99. The van der Waals surface area contributed by atoms with E-state index in [0.717, 1.165) is 34.5 Å². The fourth-order valence-corrected chi connectivity index (χ4v) is 3.21. The zero-order valence-electron chi connectivity index (χ0n) is 16.6. The van der Waals surface area contributed by atoms with Crippen LogP contribution < -0.4 is 10.1 Å². The van der Waals surface area contributed by atoms with Crippen molar-refractivity contribution >= 4 is 41.3 Å². The molecule has 0 amide bonds. The minimum Gasteiger partial charge on any atom is -0.497 e. The van der Waals surface area contributed by atoms with Gasteiger partial charge in [-0.3, -0.25) is 0 Å². The number of hydrogen-bond donors (Lipinski definition) is 1. The van der Waals surface area contributed by atoms with E-state index in [1.54, 1.807) is 25.6 Å². The molecule has 27 heavy (non-hydrogen) atoms. The molecule has 0 aliphatic carbocycles. The zero-order chi connectivity index (χ0) is 18.9. The zero-order valence-corrected chi connectivity index (χ0v) is 19.7. The maximum absolute atomic E-state index is 5.33. The van der Waals surface area contributed by atoms with Crippen LogP contribution in [0.25, 0.3) is 0 Å². The number of ether oxygens (including phenoxy) is 2. The van der Waals surface area contributed by atoms with Gasteiger partial charge in [-0.1, -0.05) is 12.1 Å². The van der Waals surface area contributed by atoms with Gasteiger partial charge in [-0.15, -0.1) is 35.3 Å². The first kappa shape index (κ1) is 23.6. The van der Waals surface area contributed by atoms with Crippen LogP contribution in [0.3, 0.4) is 0 Å². The smallest absolute Gasteiger partial charge is 0.194 e. The van der Waals surface area contributed by atoms with Crippen molar-refractivity contribution < 1.29 is 9.47 Å². The van der Waals surface area contributed by atoms with Gasteiger partial charge in [-0.05, 0) is 31.5 Å². The third-order valence-electron chi connectivity index (χ3n) is 3.94. The lowest BCUT2D eigenvalue weighted by Crippen LogP contribution is -2.38. The number of aromatic nitrogens is 1. The Bertz CT molecular complexity index is 706. The summed E-state index contributed by atoms with van der Waals surface area (Å²) in [5.41, 5.74) is 2.16. The molecule has 1 aromatic carbocycles. The van der Waals surface area contributed by atoms with Gasteiger partial charge in [0, 0.05) is 26.1 Å². The van der Waals surface area contributed by atoms with Crippen molar-refractivity contribution in [3.8, 4) is 5.75 Å². The lowest BCUT2D eigenvalue weighted by molar-refractivity contribution is 0.119. The molecule has 0 radical (unpaired) electrons. The molecule has 8 heteroatoms. The molecule has 2 rings (SSSR count).